The number of benzene rings is 1. The van der Waals surface area contributed by atoms with Crippen LogP contribution in [0.4, 0.5) is 4.39 Å². The molecule has 7 heteroatoms. The number of carbonyl (C=O) groups excluding carboxylic acids is 2. The summed E-state index contributed by atoms with van der Waals surface area (Å²) in [5.41, 5.74) is -0.270. The highest BCUT2D eigenvalue weighted by Crippen LogP contribution is 2.32. The SMILES string of the molecule is COC(=O)C(NC=O)=C(Br)c1c(F)cccc1Cl. The van der Waals surface area contributed by atoms with Gasteiger partial charge in [-0.2, -0.15) is 0 Å². The zero-order chi connectivity index (χ0) is 13.7. The van der Waals surface area contributed by atoms with Crippen molar-refractivity contribution in [1.82, 2.24) is 5.32 Å². The summed E-state index contributed by atoms with van der Waals surface area (Å²) < 4.78 is 18.1. The van der Waals surface area contributed by atoms with Crippen LogP contribution >= 0.6 is 27.5 Å². The number of carbonyl (C=O) groups is 2. The number of nitrogens with one attached hydrogen (secondary N) is 1. The van der Waals surface area contributed by atoms with Gasteiger partial charge in [-0.15, -0.1) is 0 Å². The average Bonchev–Trinajstić information content (AvgIpc) is 2.34. The molecule has 1 rings (SSSR count). The number of halogens is 3. The van der Waals surface area contributed by atoms with Crippen LogP contribution in [-0.4, -0.2) is 19.5 Å². The molecule has 0 aliphatic carbocycles. The summed E-state index contributed by atoms with van der Waals surface area (Å²) >= 11 is 8.87. The van der Waals surface area contributed by atoms with E-state index in [0.29, 0.717) is 0 Å². The van der Waals surface area contributed by atoms with Crippen LogP contribution in [0.3, 0.4) is 0 Å². The predicted octanol–water partition coefficient (Wildman–Crippen LogP) is 2.46. The fourth-order valence-corrected chi connectivity index (χ4v) is 2.26. The molecule has 0 aliphatic heterocycles. The van der Waals surface area contributed by atoms with Gasteiger partial charge in [-0.25, -0.2) is 9.18 Å². The highest BCUT2D eigenvalue weighted by molar-refractivity contribution is 9.15. The Balaban J connectivity index is 3.42. The number of hydrogen-bond donors (Lipinski definition) is 1. The van der Waals surface area contributed by atoms with Gasteiger partial charge in [0.05, 0.1) is 16.6 Å². The summed E-state index contributed by atoms with van der Waals surface area (Å²) in [7, 11) is 1.14. The predicted molar refractivity (Wildman–Crippen MR) is 68.5 cm³/mol. The van der Waals surface area contributed by atoms with E-state index in [1.54, 1.807) is 0 Å². The molecule has 0 heterocycles. The summed E-state index contributed by atoms with van der Waals surface area (Å²) in [5, 5.41) is 2.23. The van der Waals surface area contributed by atoms with Gasteiger partial charge < -0.3 is 10.1 Å². The Morgan fingerprint density at radius 1 is 1.56 bits per heavy atom. The molecule has 0 unspecified atom stereocenters. The van der Waals surface area contributed by atoms with Crippen molar-refractivity contribution in [3.05, 3.63) is 40.3 Å². The zero-order valence-corrected chi connectivity index (χ0v) is 11.5. The minimum absolute atomic E-state index is 0.00421. The van der Waals surface area contributed by atoms with Crippen LogP contribution in [-0.2, 0) is 14.3 Å². The van der Waals surface area contributed by atoms with Crippen LogP contribution in [0.15, 0.2) is 23.9 Å². The molecule has 0 saturated heterocycles. The van der Waals surface area contributed by atoms with Gasteiger partial charge in [0.15, 0.2) is 0 Å². The van der Waals surface area contributed by atoms with Gasteiger partial charge >= 0.3 is 5.97 Å². The molecule has 0 aromatic heterocycles. The Hall–Kier alpha value is -1.40. The third-order valence-electron chi connectivity index (χ3n) is 1.99. The van der Waals surface area contributed by atoms with E-state index in [1.165, 1.54) is 18.2 Å². The highest BCUT2D eigenvalue weighted by atomic mass is 79.9. The average molecular weight is 337 g/mol. The summed E-state index contributed by atoms with van der Waals surface area (Å²) in [6.45, 7) is 0. The summed E-state index contributed by atoms with van der Waals surface area (Å²) in [4.78, 5) is 21.9. The molecule has 1 aromatic carbocycles. The van der Waals surface area contributed by atoms with Crippen LogP contribution in [0.1, 0.15) is 5.56 Å². The molecule has 0 aliphatic rings. The lowest BCUT2D eigenvalue weighted by Crippen LogP contribution is -2.21. The highest BCUT2D eigenvalue weighted by Gasteiger charge is 2.20. The maximum Gasteiger partial charge on any atom is 0.355 e. The summed E-state index contributed by atoms with van der Waals surface area (Å²) in [6.07, 6.45) is 0.280. The molecule has 4 nitrogen and oxygen atoms in total. The van der Waals surface area contributed by atoms with Crippen molar-refractivity contribution in [3.63, 3.8) is 0 Å². The smallest absolute Gasteiger partial charge is 0.355 e. The van der Waals surface area contributed by atoms with E-state index in [-0.39, 0.29) is 27.2 Å². The second-order valence-electron chi connectivity index (χ2n) is 3.04. The number of hydrogen-bond acceptors (Lipinski definition) is 3. The number of methoxy groups -OCH3 is 1. The van der Waals surface area contributed by atoms with Gasteiger partial charge in [0.25, 0.3) is 0 Å². The lowest BCUT2D eigenvalue weighted by Gasteiger charge is -2.10. The van der Waals surface area contributed by atoms with Crippen molar-refractivity contribution in [3.8, 4) is 0 Å². The Labute approximate surface area is 116 Å². The summed E-state index contributed by atoms with van der Waals surface area (Å²) in [6, 6.07) is 4.06. The second-order valence-corrected chi connectivity index (χ2v) is 4.24. The Morgan fingerprint density at radius 3 is 2.72 bits per heavy atom. The normalized spacial score (nSPS) is 11.6. The quantitative estimate of drug-likeness (QED) is 0.522. The maximum atomic E-state index is 13.7. The van der Waals surface area contributed by atoms with Crippen LogP contribution < -0.4 is 5.32 Å². The molecule has 18 heavy (non-hydrogen) atoms. The third-order valence-corrected chi connectivity index (χ3v) is 3.10. The van der Waals surface area contributed by atoms with E-state index in [0.717, 1.165) is 7.11 Å². The van der Waals surface area contributed by atoms with E-state index >= 15 is 0 Å². The van der Waals surface area contributed by atoms with Gasteiger partial charge in [0, 0.05) is 5.56 Å². The van der Waals surface area contributed by atoms with Crippen molar-refractivity contribution < 1.29 is 18.7 Å². The fourth-order valence-electron chi connectivity index (χ4n) is 1.21. The van der Waals surface area contributed by atoms with Crippen molar-refractivity contribution in [1.29, 1.82) is 0 Å². The molecular weight excluding hydrogens is 328 g/mol. The minimum Gasteiger partial charge on any atom is -0.464 e. The van der Waals surface area contributed by atoms with Gasteiger partial charge in [-0.1, -0.05) is 17.7 Å². The van der Waals surface area contributed by atoms with E-state index in [4.69, 9.17) is 11.6 Å². The van der Waals surface area contributed by atoms with E-state index in [1.807, 2.05) is 0 Å². The number of ether oxygens (including phenoxy) is 1. The largest absolute Gasteiger partial charge is 0.464 e. The van der Waals surface area contributed by atoms with Crippen molar-refractivity contribution in [2.45, 2.75) is 0 Å². The molecule has 1 N–H and O–H groups in total. The monoisotopic (exact) mass is 335 g/mol. The first-order valence-electron chi connectivity index (χ1n) is 4.65. The standard InChI is InChI=1S/C11H8BrClFNO3/c1-18-11(17)10(15-5-16)9(12)8-6(13)3-2-4-7(8)14/h2-5H,1H3,(H,15,16). The molecule has 0 fully saturated rings. The zero-order valence-electron chi connectivity index (χ0n) is 9.17. The molecule has 1 aromatic rings. The van der Waals surface area contributed by atoms with Crippen LogP contribution in [0.5, 0.6) is 0 Å². The van der Waals surface area contributed by atoms with Crippen LogP contribution in [0.25, 0.3) is 4.48 Å². The van der Waals surface area contributed by atoms with Crippen LogP contribution in [0, 0.1) is 5.82 Å². The molecule has 0 atom stereocenters. The van der Waals surface area contributed by atoms with Gasteiger partial charge in [-0.05, 0) is 28.1 Å². The second kappa shape index (κ2) is 6.51. The molecule has 0 spiro atoms. The van der Waals surface area contributed by atoms with Crippen molar-refractivity contribution in [2.24, 2.45) is 0 Å². The van der Waals surface area contributed by atoms with Gasteiger partial charge in [-0.3, -0.25) is 4.79 Å². The van der Waals surface area contributed by atoms with Gasteiger partial charge in [0.1, 0.15) is 11.5 Å². The maximum absolute atomic E-state index is 13.7. The number of rotatable bonds is 4. The lowest BCUT2D eigenvalue weighted by atomic mass is 10.1. The number of amides is 1. The van der Waals surface area contributed by atoms with Crippen molar-refractivity contribution in [2.75, 3.05) is 7.11 Å². The first kappa shape index (κ1) is 14.7. The Kier molecular flexibility index (Phi) is 5.30. The molecule has 96 valence electrons. The topological polar surface area (TPSA) is 55.4 Å². The van der Waals surface area contributed by atoms with E-state index in [9.17, 15) is 14.0 Å². The first-order valence-corrected chi connectivity index (χ1v) is 5.82. The molecule has 0 radical (unpaired) electrons. The summed E-state index contributed by atoms with van der Waals surface area (Å²) in [5.74, 6) is -1.46. The lowest BCUT2D eigenvalue weighted by molar-refractivity contribution is -0.137. The van der Waals surface area contributed by atoms with E-state index < -0.39 is 11.8 Å². The van der Waals surface area contributed by atoms with Crippen LogP contribution in [0.2, 0.25) is 5.02 Å². The number of esters is 1. The van der Waals surface area contributed by atoms with Gasteiger partial charge in [0.2, 0.25) is 6.41 Å². The minimum atomic E-state index is -0.826. The molecule has 1 amide bonds. The third kappa shape index (κ3) is 3.08. The Bertz CT molecular complexity index is 499. The Morgan fingerprint density at radius 2 is 2.22 bits per heavy atom. The molecule has 0 saturated carbocycles. The fraction of sp³-hybridized carbons (Fsp3) is 0.0909. The van der Waals surface area contributed by atoms with Crippen molar-refractivity contribution >= 4 is 44.4 Å². The first-order chi connectivity index (χ1) is 8.52. The molecular formula is C11H8BrClFNO3. The molecule has 0 bridgehead atoms. The van der Waals surface area contributed by atoms with E-state index in [2.05, 4.69) is 26.0 Å².